The number of aliphatic hydroxyl groups excluding tert-OH is 1. The number of nitrogens with zero attached hydrogens (tertiary/aromatic N) is 2. The maximum atomic E-state index is 13.8. The van der Waals surface area contributed by atoms with Gasteiger partial charge < -0.3 is 39.6 Å². The normalized spacial score (nSPS) is 18.3. The third-order valence-electron chi connectivity index (χ3n) is 7.67. The van der Waals surface area contributed by atoms with Crippen LogP contribution < -0.4 is 29.6 Å². The molecule has 5 rings (SSSR count). The minimum absolute atomic E-state index is 0.0912. The van der Waals surface area contributed by atoms with E-state index in [9.17, 15) is 14.7 Å². The molecule has 0 fully saturated rings. The topological polar surface area (TPSA) is 122 Å². The van der Waals surface area contributed by atoms with Crippen LogP contribution >= 0.6 is 0 Å². The number of hydrogen-bond donors (Lipinski definition) is 3. The van der Waals surface area contributed by atoms with E-state index in [-0.39, 0.29) is 31.3 Å². The number of carbonyl (C=O) groups is 2. The number of ether oxygens (including phenoxy) is 4. The van der Waals surface area contributed by atoms with E-state index in [1.807, 2.05) is 39.1 Å². The third-order valence-corrected chi connectivity index (χ3v) is 7.67. The molecule has 3 amide bonds. The average molecular weight is 591 g/mol. The predicted molar refractivity (Wildman–Crippen MR) is 162 cm³/mol. The van der Waals surface area contributed by atoms with Crippen molar-refractivity contribution >= 4 is 23.3 Å². The van der Waals surface area contributed by atoms with Crippen molar-refractivity contribution < 1.29 is 33.6 Å². The molecule has 3 aromatic rings. The zero-order valence-corrected chi connectivity index (χ0v) is 24.8. The first-order valence-corrected chi connectivity index (χ1v) is 14.3. The maximum absolute atomic E-state index is 13.8. The van der Waals surface area contributed by atoms with E-state index in [1.165, 1.54) is 0 Å². The number of rotatable bonds is 9. The molecule has 2 heterocycles. The van der Waals surface area contributed by atoms with Crippen molar-refractivity contribution in [2.24, 2.45) is 5.92 Å². The smallest absolute Gasteiger partial charge is 0.323 e. The maximum Gasteiger partial charge on any atom is 0.323 e. The second-order valence-corrected chi connectivity index (χ2v) is 11.0. The molecule has 11 nitrogen and oxygen atoms in total. The Morgan fingerprint density at radius 1 is 1.12 bits per heavy atom. The molecule has 3 atom stereocenters. The first-order valence-electron chi connectivity index (χ1n) is 14.3. The van der Waals surface area contributed by atoms with E-state index in [4.69, 9.17) is 18.9 Å². The summed E-state index contributed by atoms with van der Waals surface area (Å²) in [5.41, 5.74) is 2.33. The van der Waals surface area contributed by atoms with Crippen LogP contribution in [0.3, 0.4) is 0 Å². The second kappa shape index (κ2) is 13.2. The van der Waals surface area contributed by atoms with Gasteiger partial charge in [0, 0.05) is 31.2 Å². The highest BCUT2D eigenvalue weighted by molar-refractivity contribution is 6.04. The number of likely N-dealkylation sites (N-methyl/N-ethyl adjacent to an activating group) is 1. The van der Waals surface area contributed by atoms with Crippen LogP contribution in [0.25, 0.3) is 0 Å². The number of amides is 3. The average Bonchev–Trinajstić information content (AvgIpc) is 3.47. The fourth-order valence-corrected chi connectivity index (χ4v) is 5.24. The van der Waals surface area contributed by atoms with E-state index in [2.05, 4.69) is 15.5 Å². The van der Waals surface area contributed by atoms with Crippen molar-refractivity contribution in [1.29, 1.82) is 0 Å². The van der Waals surface area contributed by atoms with Gasteiger partial charge in [-0.25, -0.2) is 4.79 Å². The zero-order chi connectivity index (χ0) is 30.5. The third kappa shape index (κ3) is 6.95. The zero-order valence-electron chi connectivity index (χ0n) is 24.8. The van der Waals surface area contributed by atoms with Gasteiger partial charge >= 0.3 is 6.03 Å². The molecule has 0 radical (unpaired) electrons. The lowest BCUT2D eigenvalue weighted by Gasteiger charge is -2.38. The van der Waals surface area contributed by atoms with Crippen molar-refractivity contribution in [3.05, 3.63) is 71.8 Å². The Hall–Kier alpha value is -4.48. The molecule has 3 N–H and O–H groups in total. The van der Waals surface area contributed by atoms with Crippen molar-refractivity contribution in [2.75, 3.05) is 51.3 Å². The second-order valence-electron chi connectivity index (χ2n) is 11.0. The largest absolute Gasteiger partial charge is 0.497 e. The molecule has 0 saturated heterocycles. The molecule has 0 saturated carbocycles. The highest BCUT2D eigenvalue weighted by Crippen LogP contribution is 2.36. The standard InChI is InChI=1S/C32H38N4O7/c1-20-15-36(21(2)18-37)31(38)25-6-5-7-26(34-32(39)33-23-9-11-24(40-4)12-10-23)30(25)43-29(20)17-35(3)16-22-8-13-27-28(14-22)42-19-41-27/h5-14,20-21,29,37H,15-19H2,1-4H3,(H2,33,34,39)/t20-,21+,29-/m1/s1. The number of anilines is 2. The Balaban J connectivity index is 1.39. The summed E-state index contributed by atoms with van der Waals surface area (Å²) < 4.78 is 22.8. The number of nitrogens with one attached hydrogen (secondary N) is 2. The number of benzene rings is 3. The van der Waals surface area contributed by atoms with Crippen LogP contribution in [0.15, 0.2) is 60.7 Å². The van der Waals surface area contributed by atoms with Crippen LogP contribution in [0, 0.1) is 5.92 Å². The van der Waals surface area contributed by atoms with Gasteiger partial charge in [0.05, 0.1) is 31.0 Å². The summed E-state index contributed by atoms with van der Waals surface area (Å²) >= 11 is 0. The predicted octanol–water partition coefficient (Wildman–Crippen LogP) is 4.42. The van der Waals surface area contributed by atoms with Crippen LogP contribution in [0.2, 0.25) is 0 Å². The molecule has 3 aromatic carbocycles. The molecule has 11 heteroatoms. The molecular weight excluding hydrogens is 552 g/mol. The van der Waals surface area contributed by atoms with Crippen molar-refractivity contribution in [1.82, 2.24) is 9.80 Å². The lowest BCUT2D eigenvalue weighted by atomic mass is 9.99. The van der Waals surface area contributed by atoms with Crippen LogP contribution in [-0.4, -0.2) is 79.6 Å². The van der Waals surface area contributed by atoms with Gasteiger partial charge in [-0.05, 0) is 68.1 Å². The molecule has 228 valence electrons. The fraction of sp³-hybridized carbons (Fsp3) is 0.375. The minimum atomic E-state index is -0.484. The highest BCUT2D eigenvalue weighted by Gasteiger charge is 2.34. The van der Waals surface area contributed by atoms with Crippen molar-refractivity contribution in [2.45, 2.75) is 32.5 Å². The van der Waals surface area contributed by atoms with Gasteiger partial charge in [-0.15, -0.1) is 0 Å². The van der Waals surface area contributed by atoms with Gasteiger partial charge in [-0.1, -0.05) is 19.1 Å². The summed E-state index contributed by atoms with van der Waals surface area (Å²) in [7, 11) is 3.58. The number of hydrogen-bond acceptors (Lipinski definition) is 8. The molecule has 2 aliphatic heterocycles. The van der Waals surface area contributed by atoms with E-state index >= 15 is 0 Å². The Morgan fingerprint density at radius 3 is 2.63 bits per heavy atom. The first kappa shape index (κ1) is 30.0. The molecular formula is C32H38N4O7. The number of aliphatic hydroxyl groups is 1. The van der Waals surface area contributed by atoms with Gasteiger partial charge in [0.1, 0.15) is 11.9 Å². The van der Waals surface area contributed by atoms with Crippen LogP contribution in [0.1, 0.15) is 29.8 Å². The lowest BCUT2D eigenvalue weighted by molar-refractivity contribution is 0.0343. The van der Waals surface area contributed by atoms with E-state index < -0.39 is 12.1 Å². The monoisotopic (exact) mass is 590 g/mol. The SMILES string of the molecule is COc1ccc(NC(=O)Nc2cccc3c2O[C@H](CN(C)Cc2ccc4c(c2)OCO4)[C@H](C)CN([C@@H](C)CO)C3=O)cc1. The Bertz CT molecular complexity index is 1450. The van der Waals surface area contributed by atoms with Crippen molar-refractivity contribution in [3.63, 3.8) is 0 Å². The van der Waals surface area contributed by atoms with Crippen LogP contribution in [0.4, 0.5) is 16.2 Å². The van der Waals surface area contributed by atoms with E-state index in [0.29, 0.717) is 48.1 Å². The molecule has 0 aliphatic carbocycles. The number of fused-ring (bicyclic) bond motifs is 2. The highest BCUT2D eigenvalue weighted by atomic mass is 16.7. The van der Waals surface area contributed by atoms with E-state index in [0.717, 1.165) is 17.1 Å². The quantitative estimate of drug-likeness (QED) is 0.335. The lowest BCUT2D eigenvalue weighted by Crippen LogP contribution is -2.49. The molecule has 0 unspecified atom stereocenters. The summed E-state index contributed by atoms with van der Waals surface area (Å²) in [6.45, 7) is 5.47. The van der Waals surface area contributed by atoms with Crippen LogP contribution in [0.5, 0.6) is 23.0 Å². The Morgan fingerprint density at radius 2 is 1.88 bits per heavy atom. The summed E-state index contributed by atoms with van der Waals surface area (Å²) in [5, 5.41) is 15.6. The summed E-state index contributed by atoms with van der Waals surface area (Å²) in [5.74, 6) is 2.07. The Labute approximate surface area is 251 Å². The molecule has 0 spiro atoms. The number of methoxy groups -OCH3 is 1. The number of para-hydroxylation sites is 1. The summed E-state index contributed by atoms with van der Waals surface area (Å²) in [6, 6.07) is 17.1. The van der Waals surface area contributed by atoms with Gasteiger partial charge in [-0.3, -0.25) is 9.69 Å². The molecule has 43 heavy (non-hydrogen) atoms. The number of urea groups is 1. The summed E-state index contributed by atoms with van der Waals surface area (Å²) in [6.07, 6.45) is -0.341. The van der Waals surface area contributed by atoms with Crippen molar-refractivity contribution in [3.8, 4) is 23.0 Å². The van der Waals surface area contributed by atoms with Gasteiger partial charge in [0.2, 0.25) is 6.79 Å². The van der Waals surface area contributed by atoms with Gasteiger partial charge in [0.15, 0.2) is 17.2 Å². The molecule has 0 bridgehead atoms. The van der Waals surface area contributed by atoms with Gasteiger partial charge in [-0.2, -0.15) is 0 Å². The Kier molecular flexibility index (Phi) is 9.22. The molecule has 2 aliphatic rings. The van der Waals surface area contributed by atoms with Crippen LogP contribution in [-0.2, 0) is 6.54 Å². The number of carbonyl (C=O) groups excluding carboxylic acids is 2. The molecule has 0 aromatic heterocycles. The van der Waals surface area contributed by atoms with Gasteiger partial charge in [0.25, 0.3) is 5.91 Å². The first-order chi connectivity index (χ1) is 20.7. The van der Waals surface area contributed by atoms with E-state index in [1.54, 1.807) is 54.5 Å². The minimum Gasteiger partial charge on any atom is -0.497 e. The fourth-order valence-electron chi connectivity index (χ4n) is 5.24. The summed E-state index contributed by atoms with van der Waals surface area (Å²) in [4.78, 5) is 30.6.